The van der Waals surface area contributed by atoms with Gasteiger partial charge in [0.15, 0.2) is 0 Å². The van der Waals surface area contributed by atoms with Gasteiger partial charge in [-0.15, -0.1) is 0 Å². The minimum atomic E-state index is 0.445. The quantitative estimate of drug-likeness (QED) is 0.681. The fourth-order valence-electron chi connectivity index (χ4n) is 1.94. The van der Waals surface area contributed by atoms with Crippen molar-refractivity contribution in [1.82, 2.24) is 0 Å². The Morgan fingerprint density at radius 3 is 2.53 bits per heavy atom. The maximum atomic E-state index is 9.68. The van der Waals surface area contributed by atoms with Gasteiger partial charge in [-0.2, -0.15) is 0 Å². The van der Waals surface area contributed by atoms with E-state index in [0.717, 1.165) is 5.56 Å². The molecule has 0 unspecified atom stereocenters. The third-order valence-corrected chi connectivity index (χ3v) is 2.96. The molecule has 1 heteroatoms. The highest BCUT2D eigenvalue weighted by atomic mass is 16.3. The number of aromatic hydroxyl groups is 1. The zero-order valence-electron chi connectivity index (χ0n) is 9.87. The summed E-state index contributed by atoms with van der Waals surface area (Å²) in [6.45, 7) is 4.42. The molecule has 0 bridgehead atoms. The summed E-state index contributed by atoms with van der Waals surface area (Å²) in [7, 11) is 0. The van der Waals surface area contributed by atoms with Crippen LogP contribution >= 0.6 is 0 Å². The second kappa shape index (κ2) is 6.49. The molecular weight excluding hydrogens is 184 g/mol. The minimum absolute atomic E-state index is 0.445. The van der Waals surface area contributed by atoms with Gasteiger partial charge in [0, 0.05) is 0 Å². The average molecular weight is 206 g/mol. The van der Waals surface area contributed by atoms with Crippen LogP contribution in [0.1, 0.15) is 57.4 Å². The van der Waals surface area contributed by atoms with Crippen molar-refractivity contribution in [2.75, 3.05) is 0 Å². The number of unbranched alkanes of at least 4 members (excludes halogenated alkanes) is 3. The Morgan fingerprint density at radius 2 is 1.87 bits per heavy atom. The summed E-state index contributed by atoms with van der Waals surface area (Å²) >= 11 is 0. The summed E-state index contributed by atoms with van der Waals surface area (Å²) in [5.41, 5.74) is 1.09. The molecule has 0 aromatic heterocycles. The largest absolute Gasteiger partial charge is 0.508 e. The van der Waals surface area contributed by atoms with Crippen LogP contribution in [0.5, 0.6) is 5.75 Å². The molecule has 0 fully saturated rings. The minimum Gasteiger partial charge on any atom is -0.508 e. The Bertz CT molecular complexity index is 280. The van der Waals surface area contributed by atoms with Crippen LogP contribution in [0.3, 0.4) is 0 Å². The zero-order chi connectivity index (χ0) is 11.1. The van der Waals surface area contributed by atoms with Crippen LogP contribution in [0.4, 0.5) is 0 Å². The summed E-state index contributed by atoms with van der Waals surface area (Å²) in [6, 6.07) is 7.68. The third-order valence-electron chi connectivity index (χ3n) is 2.96. The molecule has 0 aliphatic heterocycles. The number of rotatable bonds is 6. The van der Waals surface area contributed by atoms with Gasteiger partial charge in [-0.25, -0.2) is 0 Å². The molecule has 0 aliphatic rings. The highest BCUT2D eigenvalue weighted by molar-refractivity contribution is 5.34. The standard InChI is InChI=1S/C14H22O/c1-3-4-5-6-9-12(2)13-10-7-8-11-14(13)15/h7-8,10-12,15H,3-6,9H2,1-2H3/t12-/m1/s1. The number of hydrogen-bond acceptors (Lipinski definition) is 1. The molecule has 1 N–H and O–H groups in total. The zero-order valence-corrected chi connectivity index (χ0v) is 9.87. The first-order chi connectivity index (χ1) is 7.25. The molecule has 0 saturated carbocycles. The second-order valence-corrected chi connectivity index (χ2v) is 4.31. The summed E-state index contributed by atoms with van der Waals surface area (Å²) in [6.07, 6.45) is 6.37. The van der Waals surface area contributed by atoms with Gasteiger partial charge in [-0.3, -0.25) is 0 Å². The third kappa shape index (κ3) is 3.94. The van der Waals surface area contributed by atoms with E-state index in [0.29, 0.717) is 11.7 Å². The van der Waals surface area contributed by atoms with Gasteiger partial charge in [0.25, 0.3) is 0 Å². The summed E-state index contributed by atoms with van der Waals surface area (Å²) in [5.74, 6) is 0.920. The van der Waals surface area contributed by atoms with Gasteiger partial charge < -0.3 is 5.11 Å². The normalized spacial score (nSPS) is 12.7. The first-order valence-corrected chi connectivity index (χ1v) is 6.03. The van der Waals surface area contributed by atoms with Crippen LogP contribution in [0, 0.1) is 0 Å². The van der Waals surface area contributed by atoms with Gasteiger partial charge in [-0.05, 0) is 24.0 Å². The molecule has 1 rings (SSSR count). The molecule has 0 spiro atoms. The van der Waals surface area contributed by atoms with E-state index in [9.17, 15) is 5.11 Å². The maximum absolute atomic E-state index is 9.68. The van der Waals surface area contributed by atoms with Crippen molar-refractivity contribution in [3.05, 3.63) is 29.8 Å². The van der Waals surface area contributed by atoms with Crippen molar-refractivity contribution in [3.8, 4) is 5.75 Å². The van der Waals surface area contributed by atoms with Crippen molar-refractivity contribution >= 4 is 0 Å². The predicted octanol–water partition coefficient (Wildman–Crippen LogP) is 4.47. The Balaban J connectivity index is 2.40. The lowest BCUT2D eigenvalue weighted by Gasteiger charge is -2.12. The van der Waals surface area contributed by atoms with Gasteiger partial charge in [0.05, 0.1) is 0 Å². The molecule has 0 saturated heterocycles. The number of phenols is 1. The van der Waals surface area contributed by atoms with Crippen molar-refractivity contribution < 1.29 is 5.11 Å². The molecule has 0 heterocycles. The van der Waals surface area contributed by atoms with E-state index in [1.807, 2.05) is 18.2 Å². The van der Waals surface area contributed by atoms with Crippen molar-refractivity contribution in [1.29, 1.82) is 0 Å². The van der Waals surface area contributed by atoms with Gasteiger partial charge >= 0.3 is 0 Å². The lowest BCUT2D eigenvalue weighted by atomic mass is 9.94. The van der Waals surface area contributed by atoms with Gasteiger partial charge in [0.1, 0.15) is 5.75 Å². The van der Waals surface area contributed by atoms with E-state index in [1.165, 1.54) is 32.1 Å². The molecule has 1 atom stereocenters. The fourth-order valence-corrected chi connectivity index (χ4v) is 1.94. The Kier molecular flexibility index (Phi) is 5.23. The topological polar surface area (TPSA) is 20.2 Å². The van der Waals surface area contributed by atoms with E-state index >= 15 is 0 Å². The lowest BCUT2D eigenvalue weighted by Crippen LogP contribution is -1.94. The van der Waals surface area contributed by atoms with Crippen molar-refractivity contribution in [2.45, 2.75) is 51.9 Å². The van der Waals surface area contributed by atoms with Gasteiger partial charge in [0.2, 0.25) is 0 Å². The molecule has 1 aromatic rings. The summed E-state index contributed by atoms with van der Waals surface area (Å²) < 4.78 is 0. The van der Waals surface area contributed by atoms with E-state index < -0.39 is 0 Å². The number of para-hydroxylation sites is 1. The van der Waals surface area contributed by atoms with Crippen LogP contribution in [-0.4, -0.2) is 5.11 Å². The predicted molar refractivity (Wildman–Crippen MR) is 65.3 cm³/mol. The van der Waals surface area contributed by atoms with Gasteiger partial charge in [-0.1, -0.05) is 57.7 Å². The van der Waals surface area contributed by atoms with Crippen molar-refractivity contribution in [2.24, 2.45) is 0 Å². The first kappa shape index (κ1) is 12.1. The van der Waals surface area contributed by atoms with Crippen LogP contribution in [-0.2, 0) is 0 Å². The van der Waals surface area contributed by atoms with E-state index in [4.69, 9.17) is 0 Å². The molecule has 15 heavy (non-hydrogen) atoms. The highest BCUT2D eigenvalue weighted by Gasteiger charge is 2.08. The highest BCUT2D eigenvalue weighted by Crippen LogP contribution is 2.28. The van der Waals surface area contributed by atoms with E-state index in [2.05, 4.69) is 13.8 Å². The van der Waals surface area contributed by atoms with Crippen LogP contribution < -0.4 is 0 Å². The molecule has 0 amide bonds. The van der Waals surface area contributed by atoms with Crippen molar-refractivity contribution in [3.63, 3.8) is 0 Å². The van der Waals surface area contributed by atoms with Crippen LogP contribution in [0.2, 0.25) is 0 Å². The number of phenolic OH excluding ortho intramolecular Hbond substituents is 1. The first-order valence-electron chi connectivity index (χ1n) is 6.03. The summed E-state index contributed by atoms with van der Waals surface area (Å²) in [4.78, 5) is 0. The smallest absolute Gasteiger partial charge is 0.119 e. The van der Waals surface area contributed by atoms with Crippen LogP contribution in [0.15, 0.2) is 24.3 Å². The Morgan fingerprint density at radius 1 is 1.13 bits per heavy atom. The summed E-state index contributed by atoms with van der Waals surface area (Å²) in [5, 5.41) is 9.68. The van der Waals surface area contributed by atoms with E-state index in [-0.39, 0.29) is 0 Å². The molecular formula is C14H22O. The SMILES string of the molecule is CCCCCC[C@@H](C)c1ccccc1O. The monoisotopic (exact) mass is 206 g/mol. The molecule has 84 valence electrons. The molecule has 0 aliphatic carbocycles. The second-order valence-electron chi connectivity index (χ2n) is 4.31. The van der Waals surface area contributed by atoms with Crippen LogP contribution in [0.25, 0.3) is 0 Å². The lowest BCUT2D eigenvalue weighted by molar-refractivity contribution is 0.458. The number of hydrogen-bond donors (Lipinski definition) is 1. The maximum Gasteiger partial charge on any atom is 0.119 e. The Labute approximate surface area is 93.1 Å². The average Bonchev–Trinajstić information content (AvgIpc) is 2.25. The Hall–Kier alpha value is -0.980. The molecule has 1 nitrogen and oxygen atoms in total. The number of benzene rings is 1. The van der Waals surface area contributed by atoms with E-state index in [1.54, 1.807) is 6.07 Å². The fraction of sp³-hybridized carbons (Fsp3) is 0.571. The molecule has 0 radical (unpaired) electrons. The molecule has 1 aromatic carbocycles.